The molecule has 9 heteroatoms. The van der Waals surface area contributed by atoms with Gasteiger partial charge in [0.2, 0.25) is 5.91 Å². The maximum Gasteiger partial charge on any atom is 0.263 e. The first-order valence-corrected chi connectivity index (χ1v) is 11.4. The molecule has 0 saturated carbocycles. The molecule has 2 heterocycles. The average molecular weight is 452 g/mol. The molecule has 160 valence electrons. The third-order valence-electron chi connectivity index (χ3n) is 4.83. The van der Waals surface area contributed by atoms with E-state index >= 15 is 0 Å². The van der Waals surface area contributed by atoms with Gasteiger partial charge >= 0.3 is 0 Å². The van der Waals surface area contributed by atoms with E-state index in [1.807, 2.05) is 20.8 Å². The number of benzene rings is 1. The van der Waals surface area contributed by atoms with E-state index in [0.717, 1.165) is 53.2 Å². The van der Waals surface area contributed by atoms with Crippen LogP contribution < -0.4 is 10.9 Å². The molecule has 5 nitrogen and oxygen atoms in total. The summed E-state index contributed by atoms with van der Waals surface area (Å²) in [4.78, 5) is 32.1. The van der Waals surface area contributed by atoms with Crippen LogP contribution in [0.1, 0.15) is 37.1 Å². The second kappa shape index (κ2) is 9.26. The van der Waals surface area contributed by atoms with Crippen LogP contribution in [-0.4, -0.2) is 20.7 Å². The lowest BCUT2D eigenvalue weighted by atomic mass is 10.2. The fraction of sp³-hybridized carbons (Fsp3) is 0.381. The van der Waals surface area contributed by atoms with Crippen molar-refractivity contribution in [1.29, 1.82) is 0 Å². The van der Waals surface area contributed by atoms with E-state index in [1.54, 1.807) is 11.5 Å². The Morgan fingerprint density at radius 2 is 2.07 bits per heavy atom. The van der Waals surface area contributed by atoms with Gasteiger partial charge in [-0.25, -0.2) is 13.8 Å². The van der Waals surface area contributed by atoms with E-state index in [9.17, 15) is 18.4 Å². The van der Waals surface area contributed by atoms with Crippen molar-refractivity contribution >= 4 is 44.9 Å². The Morgan fingerprint density at radius 3 is 2.77 bits per heavy atom. The van der Waals surface area contributed by atoms with Gasteiger partial charge < -0.3 is 5.32 Å². The van der Waals surface area contributed by atoms with Gasteiger partial charge in [0, 0.05) is 17.5 Å². The zero-order valence-corrected chi connectivity index (χ0v) is 18.8. The van der Waals surface area contributed by atoms with E-state index in [0.29, 0.717) is 21.9 Å². The zero-order chi connectivity index (χ0) is 22.0. The minimum Gasteiger partial charge on any atom is -0.323 e. The maximum absolute atomic E-state index is 13.8. The Balaban J connectivity index is 1.92. The molecular formula is C21H23F2N3O2S2. The largest absolute Gasteiger partial charge is 0.323 e. The minimum absolute atomic E-state index is 0.110. The highest BCUT2D eigenvalue weighted by molar-refractivity contribution is 8.00. The van der Waals surface area contributed by atoms with Crippen LogP contribution in [0.15, 0.2) is 28.2 Å². The summed E-state index contributed by atoms with van der Waals surface area (Å²) < 4.78 is 28.8. The van der Waals surface area contributed by atoms with Gasteiger partial charge in [-0.2, -0.15) is 0 Å². The number of nitrogens with one attached hydrogen (secondary N) is 1. The van der Waals surface area contributed by atoms with Crippen LogP contribution in [0.3, 0.4) is 0 Å². The summed E-state index contributed by atoms with van der Waals surface area (Å²) in [7, 11) is 0. The number of hydrogen-bond acceptors (Lipinski definition) is 5. The van der Waals surface area contributed by atoms with Crippen LogP contribution in [0, 0.1) is 25.5 Å². The van der Waals surface area contributed by atoms with Crippen molar-refractivity contribution in [3.63, 3.8) is 0 Å². The number of hydrogen-bond donors (Lipinski definition) is 1. The van der Waals surface area contributed by atoms with Crippen molar-refractivity contribution < 1.29 is 13.6 Å². The number of amides is 1. The summed E-state index contributed by atoms with van der Waals surface area (Å²) in [6.45, 7) is 8.05. The molecule has 1 N–H and O–H groups in total. The summed E-state index contributed by atoms with van der Waals surface area (Å²) in [5.74, 6) is -1.86. The molecule has 0 fully saturated rings. The van der Waals surface area contributed by atoms with Gasteiger partial charge in [0.05, 0.1) is 16.3 Å². The number of unbranched alkanes of at least 4 members (excludes halogenated alkanes) is 1. The molecule has 1 unspecified atom stereocenters. The normalized spacial score (nSPS) is 12.3. The molecule has 0 spiro atoms. The lowest BCUT2D eigenvalue weighted by Crippen LogP contribution is -2.27. The smallest absolute Gasteiger partial charge is 0.263 e. The first-order chi connectivity index (χ1) is 14.2. The van der Waals surface area contributed by atoms with Crippen molar-refractivity contribution in [3.05, 3.63) is 50.6 Å². The quantitative estimate of drug-likeness (QED) is 0.393. The first-order valence-electron chi connectivity index (χ1n) is 9.66. The van der Waals surface area contributed by atoms with E-state index in [4.69, 9.17) is 0 Å². The molecule has 0 aliphatic carbocycles. The second-order valence-electron chi connectivity index (χ2n) is 7.04. The van der Waals surface area contributed by atoms with E-state index in [1.165, 1.54) is 11.3 Å². The molecule has 1 atom stereocenters. The number of aromatic nitrogens is 2. The zero-order valence-electron chi connectivity index (χ0n) is 17.2. The summed E-state index contributed by atoms with van der Waals surface area (Å²) >= 11 is 2.58. The highest BCUT2D eigenvalue weighted by atomic mass is 32.2. The number of halogens is 2. The van der Waals surface area contributed by atoms with Crippen LogP contribution in [0.25, 0.3) is 10.2 Å². The number of thiophene rings is 1. The third kappa shape index (κ3) is 4.57. The Labute approximate surface area is 181 Å². The second-order valence-corrected chi connectivity index (χ2v) is 9.55. The summed E-state index contributed by atoms with van der Waals surface area (Å²) in [6.07, 6.45) is 1.71. The number of carbonyl (C=O) groups is 1. The van der Waals surface area contributed by atoms with Crippen LogP contribution in [0.4, 0.5) is 14.5 Å². The molecule has 0 aliphatic heterocycles. The summed E-state index contributed by atoms with van der Waals surface area (Å²) in [5.41, 5.74) is 0.604. The lowest BCUT2D eigenvalue weighted by molar-refractivity contribution is -0.115. The van der Waals surface area contributed by atoms with Gasteiger partial charge in [-0.15, -0.1) is 11.3 Å². The number of carbonyl (C=O) groups excluding carboxylic acids is 1. The SMILES string of the molecule is CCCCn1c(SC(C)C(=O)Nc2cc(F)ccc2F)nc2sc(C)c(C)c2c1=O. The van der Waals surface area contributed by atoms with Gasteiger partial charge in [-0.1, -0.05) is 25.1 Å². The van der Waals surface area contributed by atoms with E-state index in [-0.39, 0.29) is 11.2 Å². The third-order valence-corrected chi connectivity index (χ3v) is 7.02. The minimum atomic E-state index is -0.717. The Hall–Kier alpha value is -2.26. The van der Waals surface area contributed by atoms with Gasteiger partial charge in [-0.05, 0) is 44.9 Å². The van der Waals surface area contributed by atoms with Crippen molar-refractivity contribution in [2.45, 2.75) is 57.5 Å². The fourth-order valence-electron chi connectivity index (χ4n) is 2.95. The molecule has 2 aromatic heterocycles. The molecule has 0 bridgehead atoms. The molecule has 30 heavy (non-hydrogen) atoms. The molecule has 1 aromatic carbocycles. The lowest BCUT2D eigenvalue weighted by Gasteiger charge is -2.16. The standard InChI is InChI=1S/C21H23F2N3O2S2/c1-5-6-9-26-20(28)17-11(2)12(3)29-19(17)25-21(26)30-13(4)18(27)24-16-10-14(22)7-8-15(16)23/h7-8,10,13H,5-6,9H2,1-4H3,(H,24,27). The molecule has 0 aliphatic rings. The van der Waals surface area contributed by atoms with E-state index in [2.05, 4.69) is 10.3 Å². The fourth-order valence-corrected chi connectivity index (χ4v) is 4.96. The molecule has 0 radical (unpaired) electrons. The summed E-state index contributed by atoms with van der Waals surface area (Å²) in [6, 6.07) is 2.88. The van der Waals surface area contributed by atoms with Crippen molar-refractivity contribution in [3.8, 4) is 0 Å². The molecule has 1 amide bonds. The van der Waals surface area contributed by atoms with Crippen LogP contribution in [0.2, 0.25) is 0 Å². The van der Waals surface area contributed by atoms with E-state index < -0.39 is 22.8 Å². The maximum atomic E-state index is 13.8. The molecule has 3 rings (SSSR count). The number of anilines is 1. The molecular weight excluding hydrogens is 428 g/mol. The van der Waals surface area contributed by atoms with Crippen molar-refractivity contribution in [1.82, 2.24) is 9.55 Å². The highest BCUT2D eigenvalue weighted by Gasteiger charge is 2.22. The summed E-state index contributed by atoms with van der Waals surface area (Å²) in [5, 5.41) is 2.81. The topological polar surface area (TPSA) is 64.0 Å². The predicted octanol–water partition coefficient (Wildman–Crippen LogP) is 5.27. The predicted molar refractivity (Wildman–Crippen MR) is 119 cm³/mol. The van der Waals surface area contributed by atoms with Crippen molar-refractivity contribution in [2.75, 3.05) is 5.32 Å². The van der Waals surface area contributed by atoms with Gasteiger partial charge in [0.25, 0.3) is 5.56 Å². The molecule has 0 saturated heterocycles. The van der Waals surface area contributed by atoms with Crippen LogP contribution in [0.5, 0.6) is 0 Å². The highest BCUT2D eigenvalue weighted by Crippen LogP contribution is 2.30. The Morgan fingerprint density at radius 1 is 1.33 bits per heavy atom. The monoisotopic (exact) mass is 451 g/mol. The number of rotatable bonds is 7. The van der Waals surface area contributed by atoms with Crippen LogP contribution in [-0.2, 0) is 11.3 Å². The molecule has 3 aromatic rings. The Kier molecular flexibility index (Phi) is 6.92. The van der Waals surface area contributed by atoms with Gasteiger partial charge in [-0.3, -0.25) is 14.2 Å². The van der Waals surface area contributed by atoms with Crippen LogP contribution >= 0.6 is 23.1 Å². The number of fused-ring (bicyclic) bond motifs is 1. The Bertz CT molecular complexity index is 1160. The van der Waals surface area contributed by atoms with Gasteiger partial charge in [0.1, 0.15) is 16.5 Å². The number of aryl methyl sites for hydroxylation is 2. The number of nitrogens with zero attached hydrogens (tertiary/aromatic N) is 2. The van der Waals surface area contributed by atoms with Gasteiger partial charge in [0.15, 0.2) is 5.16 Å². The van der Waals surface area contributed by atoms with Crippen molar-refractivity contribution in [2.24, 2.45) is 0 Å². The average Bonchev–Trinajstić information content (AvgIpc) is 2.98. The first kappa shape index (κ1) is 22.4. The number of thioether (sulfide) groups is 1.